The molecule has 0 spiro atoms. The van der Waals surface area contributed by atoms with Gasteiger partial charge >= 0.3 is 0 Å². The van der Waals surface area contributed by atoms with Gasteiger partial charge in [-0.25, -0.2) is 12.8 Å². The van der Waals surface area contributed by atoms with Gasteiger partial charge in [-0.3, -0.25) is 0 Å². The van der Waals surface area contributed by atoms with Crippen LogP contribution in [0.2, 0.25) is 0 Å². The van der Waals surface area contributed by atoms with E-state index in [0.717, 1.165) is 16.7 Å². The lowest BCUT2D eigenvalue weighted by molar-refractivity contribution is 0.603. The van der Waals surface area contributed by atoms with Gasteiger partial charge in [0, 0.05) is 11.4 Å². The Bertz CT molecular complexity index is 1230. The van der Waals surface area contributed by atoms with Crippen molar-refractivity contribution < 1.29 is 12.8 Å². The predicted molar refractivity (Wildman–Crippen MR) is 124 cm³/mol. The van der Waals surface area contributed by atoms with Gasteiger partial charge in [0.25, 0.3) is 0 Å². The fraction of sp³-hybridized carbons (Fsp3) is 0.125. The summed E-state index contributed by atoms with van der Waals surface area (Å²) < 4.78 is 39.6. The maximum atomic E-state index is 13.2. The van der Waals surface area contributed by atoms with Crippen LogP contribution in [0.1, 0.15) is 16.7 Å². The first-order valence-corrected chi connectivity index (χ1v) is 11.9. The quantitative estimate of drug-likeness (QED) is 0.448. The standard InChI is InChI=1S/C24H21FN2O2S2/c1-17-12-18(2)14-21(13-17)27-24(30-16-19-8-10-20(25)11-9-19)23(15-26)31(28,29)22-6-4-3-5-7-22/h3-14,27H,16H2,1-2H3. The molecule has 0 aromatic heterocycles. The zero-order chi connectivity index (χ0) is 22.4. The molecule has 0 radical (unpaired) electrons. The molecular formula is C24H21FN2O2S2. The highest BCUT2D eigenvalue weighted by Gasteiger charge is 2.25. The molecule has 0 amide bonds. The molecule has 3 aromatic rings. The van der Waals surface area contributed by atoms with Gasteiger partial charge in [-0.2, -0.15) is 5.26 Å². The first-order valence-electron chi connectivity index (χ1n) is 9.46. The number of nitrogens with zero attached hydrogens (tertiary/aromatic N) is 1. The number of nitrogens with one attached hydrogen (secondary N) is 1. The fourth-order valence-corrected chi connectivity index (χ4v) is 5.57. The highest BCUT2D eigenvalue weighted by Crippen LogP contribution is 2.31. The van der Waals surface area contributed by atoms with E-state index in [1.54, 1.807) is 30.3 Å². The van der Waals surface area contributed by atoms with E-state index < -0.39 is 9.84 Å². The number of nitriles is 1. The molecule has 7 heteroatoms. The van der Waals surface area contributed by atoms with Gasteiger partial charge in [-0.05, 0) is 66.9 Å². The van der Waals surface area contributed by atoms with Crippen molar-refractivity contribution in [3.63, 3.8) is 0 Å². The van der Waals surface area contributed by atoms with E-state index in [4.69, 9.17) is 0 Å². The minimum Gasteiger partial charge on any atom is -0.349 e. The molecule has 0 saturated heterocycles. The molecule has 3 rings (SSSR count). The second-order valence-electron chi connectivity index (χ2n) is 7.00. The van der Waals surface area contributed by atoms with E-state index in [0.29, 0.717) is 11.4 Å². The lowest BCUT2D eigenvalue weighted by Crippen LogP contribution is -2.10. The van der Waals surface area contributed by atoms with Gasteiger partial charge in [-0.1, -0.05) is 36.4 Å². The van der Waals surface area contributed by atoms with E-state index in [9.17, 15) is 18.1 Å². The van der Waals surface area contributed by atoms with Crippen LogP contribution in [0.25, 0.3) is 0 Å². The molecular weight excluding hydrogens is 431 g/mol. The van der Waals surface area contributed by atoms with Gasteiger partial charge in [0.05, 0.1) is 4.90 Å². The Morgan fingerprint density at radius 3 is 2.19 bits per heavy atom. The molecule has 0 fully saturated rings. The number of hydrogen-bond donors (Lipinski definition) is 1. The lowest BCUT2D eigenvalue weighted by Gasteiger charge is -2.15. The average molecular weight is 453 g/mol. The van der Waals surface area contributed by atoms with Crippen LogP contribution in [-0.4, -0.2) is 8.42 Å². The lowest BCUT2D eigenvalue weighted by atomic mass is 10.1. The number of halogens is 1. The maximum Gasteiger partial charge on any atom is 0.219 e. The molecule has 31 heavy (non-hydrogen) atoms. The number of rotatable bonds is 7. The van der Waals surface area contributed by atoms with Crippen molar-refractivity contribution in [2.75, 3.05) is 5.32 Å². The Labute approximate surface area is 186 Å². The number of thioether (sulfide) groups is 1. The molecule has 0 aliphatic heterocycles. The number of anilines is 1. The Hall–Kier alpha value is -3.08. The molecule has 0 heterocycles. The van der Waals surface area contributed by atoms with Gasteiger partial charge in [0.2, 0.25) is 9.84 Å². The molecule has 0 unspecified atom stereocenters. The monoisotopic (exact) mass is 452 g/mol. The summed E-state index contributed by atoms with van der Waals surface area (Å²) >= 11 is 1.19. The SMILES string of the molecule is Cc1cc(C)cc(NC(SCc2ccc(F)cc2)=C(C#N)S(=O)(=O)c2ccccc2)c1. The summed E-state index contributed by atoms with van der Waals surface area (Å²) in [5, 5.41) is 13.2. The third-order valence-electron chi connectivity index (χ3n) is 4.41. The minimum atomic E-state index is -4.03. The molecule has 0 aliphatic carbocycles. The fourth-order valence-electron chi connectivity index (χ4n) is 3.02. The maximum absolute atomic E-state index is 13.2. The second kappa shape index (κ2) is 9.82. The summed E-state index contributed by atoms with van der Waals surface area (Å²) in [7, 11) is -4.03. The minimum absolute atomic E-state index is 0.0497. The second-order valence-corrected chi connectivity index (χ2v) is 9.88. The molecule has 3 aromatic carbocycles. The first-order chi connectivity index (χ1) is 14.8. The van der Waals surface area contributed by atoms with Crippen LogP contribution in [0, 0.1) is 31.0 Å². The van der Waals surface area contributed by atoms with Crippen molar-refractivity contribution in [3.05, 3.63) is 105 Å². The topological polar surface area (TPSA) is 70.0 Å². The van der Waals surface area contributed by atoms with Crippen LogP contribution in [0.15, 0.2) is 87.6 Å². The van der Waals surface area contributed by atoms with Crippen LogP contribution >= 0.6 is 11.8 Å². The number of allylic oxidation sites excluding steroid dienone is 1. The summed E-state index contributed by atoms with van der Waals surface area (Å²) in [5.41, 5.74) is 3.51. The van der Waals surface area contributed by atoms with E-state index >= 15 is 0 Å². The Morgan fingerprint density at radius 1 is 1.00 bits per heavy atom. The summed E-state index contributed by atoms with van der Waals surface area (Å²) in [6.45, 7) is 3.89. The normalized spacial score (nSPS) is 12.1. The Morgan fingerprint density at radius 2 is 1.61 bits per heavy atom. The third-order valence-corrected chi connectivity index (χ3v) is 7.33. The first kappa shape index (κ1) is 22.6. The van der Waals surface area contributed by atoms with E-state index in [-0.39, 0.29) is 20.6 Å². The van der Waals surface area contributed by atoms with Gasteiger partial charge < -0.3 is 5.32 Å². The highest BCUT2D eigenvalue weighted by molar-refractivity contribution is 8.04. The van der Waals surface area contributed by atoms with Crippen LogP contribution in [0.3, 0.4) is 0 Å². The summed E-state index contributed by atoms with van der Waals surface area (Å²) in [5.74, 6) is 0.0188. The molecule has 0 atom stereocenters. The summed E-state index contributed by atoms with van der Waals surface area (Å²) in [4.78, 5) is -0.307. The third kappa shape index (κ3) is 5.75. The van der Waals surface area contributed by atoms with Crippen LogP contribution < -0.4 is 5.32 Å². The number of hydrogen-bond acceptors (Lipinski definition) is 5. The van der Waals surface area contributed by atoms with E-state index in [2.05, 4.69) is 5.32 Å². The Balaban J connectivity index is 2.05. The number of aryl methyl sites for hydroxylation is 2. The van der Waals surface area contributed by atoms with Crippen LogP contribution in [0.4, 0.5) is 10.1 Å². The predicted octanol–water partition coefficient (Wildman–Crippen LogP) is 5.95. The van der Waals surface area contributed by atoms with Gasteiger partial charge in [0.1, 0.15) is 16.9 Å². The van der Waals surface area contributed by atoms with Crippen LogP contribution in [0.5, 0.6) is 0 Å². The zero-order valence-corrected chi connectivity index (χ0v) is 18.7. The summed E-state index contributed by atoms with van der Waals surface area (Å²) in [6.07, 6.45) is 0. The van der Waals surface area contributed by atoms with Crippen LogP contribution in [-0.2, 0) is 15.6 Å². The molecule has 158 valence electrons. The number of benzene rings is 3. The van der Waals surface area contributed by atoms with E-state index in [1.165, 1.54) is 36.0 Å². The zero-order valence-electron chi connectivity index (χ0n) is 17.1. The molecule has 4 nitrogen and oxygen atoms in total. The van der Waals surface area contributed by atoms with E-state index in [1.807, 2.05) is 38.1 Å². The molecule has 0 bridgehead atoms. The van der Waals surface area contributed by atoms with Crippen molar-refractivity contribution in [1.82, 2.24) is 0 Å². The highest BCUT2D eigenvalue weighted by atomic mass is 32.2. The van der Waals surface area contributed by atoms with Crippen molar-refractivity contribution in [2.24, 2.45) is 0 Å². The smallest absolute Gasteiger partial charge is 0.219 e. The Kier molecular flexibility index (Phi) is 7.16. The average Bonchev–Trinajstić information content (AvgIpc) is 2.73. The van der Waals surface area contributed by atoms with Crippen molar-refractivity contribution in [2.45, 2.75) is 24.5 Å². The van der Waals surface area contributed by atoms with Gasteiger partial charge in [-0.15, -0.1) is 11.8 Å². The van der Waals surface area contributed by atoms with Crippen molar-refractivity contribution >= 4 is 27.3 Å². The van der Waals surface area contributed by atoms with Gasteiger partial charge in [0.15, 0.2) is 4.91 Å². The molecule has 1 N–H and O–H groups in total. The number of sulfone groups is 1. The van der Waals surface area contributed by atoms with Crippen molar-refractivity contribution in [1.29, 1.82) is 5.26 Å². The molecule has 0 aliphatic rings. The largest absolute Gasteiger partial charge is 0.349 e. The summed E-state index contributed by atoms with van der Waals surface area (Å²) in [6, 6.07) is 21.5. The molecule has 0 saturated carbocycles. The van der Waals surface area contributed by atoms with Crippen molar-refractivity contribution in [3.8, 4) is 6.07 Å².